The van der Waals surface area contributed by atoms with Crippen LogP contribution >= 0.6 is 0 Å². The number of fused-ring (bicyclic) bond motifs is 10. The van der Waals surface area contributed by atoms with E-state index in [0.29, 0.717) is 33.1 Å². The fourth-order valence-electron chi connectivity index (χ4n) is 6.73. The molecule has 0 unspecified atom stereocenters. The number of H-pyrrole nitrogens is 1. The lowest BCUT2D eigenvalue weighted by molar-refractivity contribution is -0.298. The van der Waals surface area contributed by atoms with Crippen molar-refractivity contribution in [1.82, 2.24) is 25.1 Å². The molecule has 6 aromatic rings. The summed E-state index contributed by atoms with van der Waals surface area (Å²) in [4.78, 5) is 42.3. The Kier molecular flexibility index (Phi) is 7.20. The van der Waals surface area contributed by atoms with E-state index < -0.39 is 49.1 Å². The number of amides is 2. The molecule has 49 heavy (non-hydrogen) atoms. The van der Waals surface area contributed by atoms with Gasteiger partial charge in [0, 0.05) is 33.7 Å². The predicted molar refractivity (Wildman–Crippen MR) is 170 cm³/mol. The number of pyridine rings is 1. The number of carbonyl (C=O) groups excluding carboxylic acids is 2. The highest BCUT2D eigenvalue weighted by Gasteiger charge is 2.46. The molecular weight excluding hydrogens is 642 g/mol. The monoisotopic (exact) mass is 671 g/mol. The number of aromatic hydroxyl groups is 2. The zero-order valence-corrected chi connectivity index (χ0v) is 25.3. The molecule has 9 N–H and O–H groups in total. The highest BCUT2D eigenvalue weighted by atomic mass is 16.8. The molecule has 0 saturated carbocycles. The highest BCUT2D eigenvalue weighted by molar-refractivity contribution is 6.39. The molecule has 2 aliphatic heterocycles. The van der Waals surface area contributed by atoms with Crippen molar-refractivity contribution in [3.8, 4) is 11.5 Å². The smallest absolute Gasteiger partial charge is 0.276 e. The van der Waals surface area contributed by atoms with E-state index in [2.05, 4.69) is 15.4 Å². The van der Waals surface area contributed by atoms with Crippen LogP contribution < -0.4 is 10.3 Å². The Morgan fingerprint density at radius 1 is 0.857 bits per heavy atom. The summed E-state index contributed by atoms with van der Waals surface area (Å²) in [7, 11) is 0. The topological polar surface area (TPSA) is 243 Å². The van der Waals surface area contributed by atoms with Crippen molar-refractivity contribution in [2.24, 2.45) is 0 Å². The first-order valence-electron chi connectivity index (χ1n) is 15.2. The van der Waals surface area contributed by atoms with E-state index in [9.17, 15) is 45.3 Å². The molecule has 1 fully saturated rings. The Bertz CT molecular complexity index is 2330. The molecule has 0 spiro atoms. The Morgan fingerprint density at radius 2 is 1.55 bits per heavy atom. The Morgan fingerprint density at radius 3 is 2.29 bits per heavy atom. The number of phenols is 2. The van der Waals surface area contributed by atoms with Crippen molar-refractivity contribution < 1.29 is 54.9 Å². The standard InChI is InChI=1S/C33H29N5O11/c39-11-14-3-1-2-13(35-14)10-34-37-31(46)24-22-17-6-4-15(41)8-19(17)36-26(22)27-23(25(24)32(37)47)18-7-5-16(42)9-20(18)38(27)49-33-30(45)29(44)28(43)21(12-40)48-33/h1-9,21,28-30,33-34,36,39-45H,10-12H2/t21-,28-,29+,30-,33+/m1/s1. The van der Waals surface area contributed by atoms with Crippen molar-refractivity contribution in [2.45, 2.75) is 43.9 Å². The van der Waals surface area contributed by atoms with Crippen LogP contribution in [0.2, 0.25) is 0 Å². The second kappa shape index (κ2) is 11.4. The minimum atomic E-state index is -1.80. The second-order valence-corrected chi connectivity index (χ2v) is 11.9. The summed E-state index contributed by atoms with van der Waals surface area (Å²) < 4.78 is 6.82. The van der Waals surface area contributed by atoms with E-state index in [4.69, 9.17) is 9.57 Å². The summed E-state index contributed by atoms with van der Waals surface area (Å²) in [5.74, 6) is -1.64. The average Bonchev–Trinajstić information content (AvgIpc) is 3.70. The molecule has 0 aliphatic carbocycles. The van der Waals surface area contributed by atoms with E-state index in [1.807, 2.05) is 0 Å². The number of rotatable bonds is 7. The first-order valence-corrected chi connectivity index (χ1v) is 15.2. The number of nitrogens with zero attached hydrogens (tertiary/aromatic N) is 3. The van der Waals surface area contributed by atoms with Crippen LogP contribution in [0.25, 0.3) is 43.6 Å². The molecule has 16 nitrogen and oxygen atoms in total. The van der Waals surface area contributed by atoms with Crippen molar-refractivity contribution in [3.05, 3.63) is 77.1 Å². The van der Waals surface area contributed by atoms with Crippen molar-refractivity contribution in [1.29, 1.82) is 0 Å². The van der Waals surface area contributed by atoms with E-state index in [0.717, 1.165) is 5.01 Å². The molecule has 8 rings (SSSR count). The fraction of sp³-hybridized carbons (Fsp3) is 0.242. The van der Waals surface area contributed by atoms with Crippen LogP contribution in [0.4, 0.5) is 0 Å². The molecule has 252 valence electrons. The minimum Gasteiger partial charge on any atom is -0.508 e. The first-order chi connectivity index (χ1) is 23.6. The summed E-state index contributed by atoms with van der Waals surface area (Å²) in [6.07, 6.45) is -8.17. The van der Waals surface area contributed by atoms with Gasteiger partial charge in [0.2, 0.25) is 0 Å². The summed E-state index contributed by atoms with van der Waals surface area (Å²) >= 11 is 0. The molecule has 1 saturated heterocycles. The van der Waals surface area contributed by atoms with Gasteiger partial charge in [0.05, 0.1) is 58.8 Å². The lowest BCUT2D eigenvalue weighted by Gasteiger charge is -2.39. The number of aliphatic hydroxyl groups is 5. The molecule has 2 amide bonds. The zero-order chi connectivity index (χ0) is 34.3. The highest BCUT2D eigenvalue weighted by Crippen LogP contribution is 2.45. The van der Waals surface area contributed by atoms with Gasteiger partial charge in [-0.15, -0.1) is 0 Å². The summed E-state index contributed by atoms with van der Waals surface area (Å²) in [6.45, 7) is -1.04. The van der Waals surface area contributed by atoms with Gasteiger partial charge in [-0.05, 0) is 36.4 Å². The van der Waals surface area contributed by atoms with Gasteiger partial charge in [-0.25, -0.2) is 10.4 Å². The maximum Gasteiger partial charge on any atom is 0.276 e. The van der Waals surface area contributed by atoms with Gasteiger partial charge in [0.15, 0.2) is 0 Å². The molecule has 5 atom stereocenters. The van der Waals surface area contributed by atoms with Crippen LogP contribution in [-0.4, -0.2) is 105 Å². The number of aliphatic hydroxyl groups excluding tert-OH is 5. The number of imide groups is 1. The van der Waals surface area contributed by atoms with Crippen molar-refractivity contribution in [2.75, 3.05) is 6.61 Å². The summed E-state index contributed by atoms with van der Waals surface area (Å²) in [5, 5.41) is 74.1. The van der Waals surface area contributed by atoms with Gasteiger partial charge in [0.1, 0.15) is 41.4 Å². The largest absolute Gasteiger partial charge is 0.508 e. The maximum atomic E-state index is 14.3. The summed E-state index contributed by atoms with van der Waals surface area (Å²) in [5.41, 5.74) is 4.84. The summed E-state index contributed by atoms with van der Waals surface area (Å²) in [6, 6.07) is 13.7. The zero-order valence-electron chi connectivity index (χ0n) is 25.3. The predicted octanol–water partition coefficient (Wildman–Crippen LogP) is 0.257. The number of hydrazine groups is 1. The first kappa shape index (κ1) is 31.0. The SMILES string of the molecule is O=C1c2c(c3c4ccc(O)cc4n(O[C@@H]4O[C@H](CO)[C@@H](O)[C@H](O)[C@H]4O)c3c3[nH]c4cc(O)ccc4c23)C(=O)N1NCc1cccc(CO)n1. The number of aromatic nitrogens is 3. The van der Waals surface area contributed by atoms with Gasteiger partial charge < -0.3 is 50.3 Å². The lowest BCUT2D eigenvalue weighted by atomic mass is 9.96. The maximum absolute atomic E-state index is 14.3. The number of aromatic amines is 1. The molecule has 2 aliphatic rings. The van der Waals surface area contributed by atoms with Gasteiger partial charge >= 0.3 is 0 Å². The number of hydrogen-bond donors (Lipinski definition) is 9. The van der Waals surface area contributed by atoms with Crippen LogP contribution in [0, 0.1) is 0 Å². The number of ether oxygens (including phenoxy) is 1. The number of hydrogen-bond acceptors (Lipinski definition) is 13. The molecule has 16 heteroatoms. The quantitative estimate of drug-likeness (QED) is 0.104. The molecule has 3 aromatic heterocycles. The fourth-order valence-corrected chi connectivity index (χ4v) is 6.73. The molecular formula is C33H29N5O11. The molecule has 0 bridgehead atoms. The number of nitrogens with one attached hydrogen (secondary N) is 2. The number of phenolic OH excluding ortho intramolecular Hbond substituents is 2. The third-order valence-electron chi connectivity index (χ3n) is 9.01. The average molecular weight is 672 g/mol. The van der Waals surface area contributed by atoms with Crippen LogP contribution in [0.5, 0.6) is 11.5 Å². The Hall–Kier alpha value is -5.33. The normalized spacial score (nSPS) is 22.6. The number of carbonyl (C=O) groups is 2. The minimum absolute atomic E-state index is 0.00196. The van der Waals surface area contributed by atoms with Gasteiger partial charge in [-0.1, -0.05) is 6.07 Å². The van der Waals surface area contributed by atoms with E-state index >= 15 is 0 Å². The Labute approximate surface area is 274 Å². The van der Waals surface area contributed by atoms with E-state index in [1.165, 1.54) is 35.1 Å². The van der Waals surface area contributed by atoms with Crippen LogP contribution in [-0.2, 0) is 17.9 Å². The van der Waals surface area contributed by atoms with Crippen molar-refractivity contribution in [3.63, 3.8) is 0 Å². The van der Waals surface area contributed by atoms with Crippen molar-refractivity contribution >= 4 is 55.4 Å². The Balaban J connectivity index is 1.37. The van der Waals surface area contributed by atoms with Gasteiger partial charge in [-0.2, -0.15) is 4.73 Å². The second-order valence-electron chi connectivity index (χ2n) is 11.9. The van der Waals surface area contributed by atoms with Gasteiger partial charge in [0.25, 0.3) is 18.1 Å². The van der Waals surface area contributed by atoms with Gasteiger partial charge in [-0.3, -0.25) is 14.6 Å². The third kappa shape index (κ3) is 4.61. The third-order valence-corrected chi connectivity index (χ3v) is 9.01. The molecule has 5 heterocycles. The van der Waals surface area contributed by atoms with E-state index in [1.54, 1.807) is 24.3 Å². The van der Waals surface area contributed by atoms with Crippen LogP contribution in [0.3, 0.4) is 0 Å². The lowest BCUT2D eigenvalue weighted by Crippen LogP contribution is -2.61. The molecule has 3 aromatic carbocycles. The van der Waals surface area contributed by atoms with Crippen LogP contribution in [0.1, 0.15) is 32.1 Å². The van der Waals surface area contributed by atoms with E-state index in [-0.39, 0.29) is 57.7 Å². The van der Waals surface area contributed by atoms with Crippen LogP contribution in [0.15, 0.2) is 54.6 Å². The number of benzene rings is 3. The molecule has 0 radical (unpaired) electrons.